The maximum Gasteiger partial charge on any atom is 0.341 e. The molecule has 1 aromatic carbocycles. The molecular formula is C27H34N2O5. The molecule has 2 heterocycles. The average molecular weight is 467 g/mol. The molecule has 0 aliphatic carbocycles. The Balaban J connectivity index is 2.50. The zero-order valence-corrected chi connectivity index (χ0v) is 21.1. The Kier molecular flexibility index (Phi) is 7.05. The molecule has 0 spiro atoms. The van der Waals surface area contributed by atoms with E-state index < -0.39 is 11.4 Å². The number of rotatable bonds is 5. The van der Waals surface area contributed by atoms with E-state index in [0.717, 1.165) is 28.1 Å². The maximum atomic E-state index is 12.8. The summed E-state index contributed by atoms with van der Waals surface area (Å²) in [6.07, 6.45) is 2.26. The fourth-order valence-corrected chi connectivity index (χ4v) is 4.47. The molecule has 0 fully saturated rings. The quantitative estimate of drug-likeness (QED) is 0.729. The van der Waals surface area contributed by atoms with Crippen LogP contribution in [0.4, 0.5) is 0 Å². The minimum Gasteiger partial charge on any atom is -0.485 e. The lowest BCUT2D eigenvalue weighted by atomic mass is 9.84. The van der Waals surface area contributed by atoms with Crippen molar-refractivity contribution in [1.82, 2.24) is 9.47 Å². The number of Topliss-reactive ketones (excluding diaryl/α,β-unsaturated/α-hetero) is 1. The Hall–Kier alpha value is -3.35. The van der Waals surface area contributed by atoms with Gasteiger partial charge in [0.15, 0.2) is 11.2 Å². The number of carboxylic acid groups (broad SMARTS) is 1. The molecule has 1 atom stereocenters. The normalized spacial score (nSPS) is 18.3. The molecule has 2 aromatic rings. The van der Waals surface area contributed by atoms with Crippen LogP contribution in [0.25, 0.3) is 11.3 Å². The molecule has 3 rings (SSSR count). The molecule has 1 aliphatic heterocycles. The summed E-state index contributed by atoms with van der Waals surface area (Å²) in [5, 5.41) is 11.4. The van der Waals surface area contributed by atoms with E-state index in [9.17, 15) is 19.5 Å². The van der Waals surface area contributed by atoms with Gasteiger partial charge < -0.3 is 19.3 Å². The fraction of sp³-hybridized carbons (Fsp3) is 0.444. The van der Waals surface area contributed by atoms with Gasteiger partial charge in [-0.15, -0.1) is 0 Å². The molecule has 1 aliphatic rings. The van der Waals surface area contributed by atoms with Gasteiger partial charge in [-0.3, -0.25) is 9.59 Å². The highest BCUT2D eigenvalue weighted by atomic mass is 16.5. The first kappa shape index (κ1) is 25.3. The van der Waals surface area contributed by atoms with E-state index in [1.54, 1.807) is 0 Å². The van der Waals surface area contributed by atoms with Gasteiger partial charge in [0, 0.05) is 36.3 Å². The van der Waals surface area contributed by atoms with E-state index in [2.05, 4.69) is 32.6 Å². The van der Waals surface area contributed by atoms with Crippen molar-refractivity contribution in [2.75, 3.05) is 20.2 Å². The molecule has 7 heteroatoms. The molecule has 1 N–H and O–H groups in total. The summed E-state index contributed by atoms with van der Waals surface area (Å²) in [4.78, 5) is 38.3. The molecular weight excluding hydrogens is 432 g/mol. The fourth-order valence-electron chi connectivity index (χ4n) is 4.47. The minimum absolute atomic E-state index is 0.0251. The number of aromatic nitrogens is 1. The van der Waals surface area contributed by atoms with Crippen molar-refractivity contribution in [3.8, 4) is 5.75 Å². The molecule has 0 bridgehead atoms. The van der Waals surface area contributed by atoms with Crippen LogP contribution in [-0.2, 0) is 4.79 Å². The van der Waals surface area contributed by atoms with Gasteiger partial charge >= 0.3 is 5.97 Å². The standard InChI is InChI=1S/C27H34N2O5/c1-8-16(2)24-18(10-9-11-22(24)34-15-17(3)30)25-20-12-21(31)19(26(32)33)13-29(20)23(14-28(25)7)27(4,5)6/h9-13,23H,8,14-15H2,1-7H3,(H,32,33)/b24-16?,25-18-. The molecule has 0 radical (unpaired) electrons. The third-order valence-electron chi connectivity index (χ3n) is 6.39. The lowest BCUT2D eigenvalue weighted by molar-refractivity contribution is -0.118. The molecule has 0 saturated carbocycles. The number of carbonyl (C=O) groups is 2. The van der Waals surface area contributed by atoms with Gasteiger partial charge in [-0.25, -0.2) is 4.79 Å². The average Bonchev–Trinajstić information content (AvgIpc) is 2.75. The molecule has 182 valence electrons. The monoisotopic (exact) mass is 466 g/mol. The number of nitrogens with zero attached hydrogens (tertiary/aromatic N) is 2. The second kappa shape index (κ2) is 9.49. The zero-order valence-electron chi connectivity index (χ0n) is 21.1. The topological polar surface area (TPSA) is 88.8 Å². The number of ether oxygens (including phenoxy) is 1. The van der Waals surface area contributed by atoms with Gasteiger partial charge in [0.25, 0.3) is 0 Å². The lowest BCUT2D eigenvalue weighted by Gasteiger charge is -2.43. The van der Waals surface area contributed by atoms with E-state index in [0.29, 0.717) is 18.0 Å². The molecule has 0 saturated heterocycles. The van der Waals surface area contributed by atoms with Crippen LogP contribution >= 0.6 is 0 Å². The first-order chi connectivity index (χ1) is 15.9. The zero-order chi connectivity index (χ0) is 25.4. The number of pyridine rings is 1. The highest BCUT2D eigenvalue weighted by Crippen LogP contribution is 2.37. The number of carbonyl (C=O) groups excluding carboxylic acids is 1. The maximum absolute atomic E-state index is 12.8. The Labute approximate surface area is 200 Å². The van der Waals surface area contributed by atoms with Crippen LogP contribution in [0.5, 0.6) is 5.75 Å². The van der Waals surface area contributed by atoms with Crippen molar-refractivity contribution in [2.45, 2.75) is 54.0 Å². The second-order valence-corrected chi connectivity index (χ2v) is 10.1. The molecule has 34 heavy (non-hydrogen) atoms. The van der Waals surface area contributed by atoms with Crippen LogP contribution in [0, 0.1) is 5.41 Å². The highest BCUT2D eigenvalue weighted by Gasteiger charge is 2.35. The van der Waals surface area contributed by atoms with E-state index in [4.69, 9.17) is 4.74 Å². The molecule has 0 amide bonds. The lowest BCUT2D eigenvalue weighted by Crippen LogP contribution is -2.46. The number of benzene rings is 1. The number of likely N-dealkylation sites (N-methyl/N-ethyl adjacent to an activating group) is 1. The first-order valence-electron chi connectivity index (χ1n) is 11.5. The predicted molar refractivity (Wildman–Crippen MR) is 133 cm³/mol. The number of fused-ring (bicyclic) bond motifs is 1. The van der Waals surface area contributed by atoms with Gasteiger partial charge in [-0.05, 0) is 31.7 Å². The third-order valence-corrected chi connectivity index (χ3v) is 6.39. The molecule has 1 unspecified atom stereocenters. The van der Waals surface area contributed by atoms with Crippen molar-refractivity contribution in [2.24, 2.45) is 5.41 Å². The van der Waals surface area contributed by atoms with Crippen LogP contribution in [0.2, 0.25) is 0 Å². The SMILES string of the molecule is CCC(C)=c1c(OCC(C)=O)ccc/c1=C1\c2cc(=O)c(C(=O)O)cn2C(C(C)(C)C)CN1C. The Bertz CT molecular complexity index is 1310. The van der Waals surface area contributed by atoms with Crippen molar-refractivity contribution in [3.63, 3.8) is 0 Å². The van der Waals surface area contributed by atoms with Crippen molar-refractivity contribution >= 4 is 23.0 Å². The van der Waals surface area contributed by atoms with E-state index in [1.807, 2.05) is 36.7 Å². The van der Waals surface area contributed by atoms with Crippen molar-refractivity contribution < 1.29 is 19.4 Å². The Morgan fingerprint density at radius 2 is 1.88 bits per heavy atom. The minimum atomic E-state index is -1.23. The number of ketones is 1. The smallest absolute Gasteiger partial charge is 0.341 e. The number of carboxylic acids is 1. The Morgan fingerprint density at radius 1 is 1.21 bits per heavy atom. The summed E-state index contributed by atoms with van der Waals surface area (Å²) in [6, 6.07) is 7.09. The van der Waals surface area contributed by atoms with Gasteiger partial charge in [0.2, 0.25) is 0 Å². The number of hydrogen-bond donors (Lipinski definition) is 1. The van der Waals surface area contributed by atoms with Crippen molar-refractivity contribution in [3.05, 3.63) is 62.4 Å². The number of aromatic carboxylic acids is 1. The van der Waals surface area contributed by atoms with Crippen molar-refractivity contribution in [1.29, 1.82) is 0 Å². The van der Waals surface area contributed by atoms with Crippen LogP contribution in [-0.4, -0.2) is 46.5 Å². The molecule has 7 nitrogen and oxygen atoms in total. The summed E-state index contributed by atoms with van der Waals surface area (Å²) in [7, 11) is 1.99. The highest BCUT2D eigenvalue weighted by molar-refractivity contribution is 5.87. The second-order valence-electron chi connectivity index (χ2n) is 10.1. The third kappa shape index (κ3) is 4.79. The van der Waals surface area contributed by atoms with E-state index in [1.165, 1.54) is 19.2 Å². The predicted octanol–water partition coefficient (Wildman–Crippen LogP) is 2.78. The van der Waals surface area contributed by atoms with Crippen LogP contribution in [0.3, 0.4) is 0 Å². The van der Waals surface area contributed by atoms with Gasteiger partial charge in [0.1, 0.15) is 17.9 Å². The van der Waals surface area contributed by atoms with Crippen LogP contribution < -0.4 is 20.6 Å². The van der Waals surface area contributed by atoms with Crippen LogP contribution in [0.1, 0.15) is 70.1 Å². The largest absolute Gasteiger partial charge is 0.485 e. The number of hydrogen-bond acceptors (Lipinski definition) is 5. The van der Waals surface area contributed by atoms with Gasteiger partial charge in [0.05, 0.1) is 17.4 Å². The first-order valence-corrected chi connectivity index (χ1v) is 11.5. The summed E-state index contributed by atoms with van der Waals surface area (Å²) < 4.78 is 7.82. The summed E-state index contributed by atoms with van der Waals surface area (Å²) in [6.45, 7) is 12.5. The summed E-state index contributed by atoms with van der Waals surface area (Å²) in [5.41, 5.74) is 1.63. The van der Waals surface area contributed by atoms with E-state index in [-0.39, 0.29) is 29.4 Å². The summed E-state index contributed by atoms with van der Waals surface area (Å²) in [5.74, 6) is -0.690. The van der Waals surface area contributed by atoms with Crippen LogP contribution in [0.15, 0.2) is 35.3 Å². The Morgan fingerprint density at radius 3 is 2.44 bits per heavy atom. The summed E-state index contributed by atoms with van der Waals surface area (Å²) >= 11 is 0. The van der Waals surface area contributed by atoms with Gasteiger partial charge in [-0.1, -0.05) is 45.4 Å². The molecule has 1 aromatic heterocycles. The van der Waals surface area contributed by atoms with E-state index >= 15 is 0 Å². The van der Waals surface area contributed by atoms with Gasteiger partial charge in [-0.2, -0.15) is 0 Å².